The highest BCUT2D eigenvalue weighted by Gasteiger charge is 2.06. The molecule has 0 unspecified atom stereocenters. The highest BCUT2D eigenvalue weighted by atomic mass is 32.1. The Morgan fingerprint density at radius 2 is 2.33 bits per heavy atom. The number of hydrogen-bond acceptors (Lipinski definition) is 3. The van der Waals surface area contributed by atoms with Crippen LogP contribution in [-0.2, 0) is 0 Å². The zero-order chi connectivity index (χ0) is 13.5. The van der Waals surface area contributed by atoms with Crippen LogP contribution in [0.15, 0.2) is 35.3 Å². The van der Waals surface area contributed by atoms with Gasteiger partial charge in [-0.05, 0) is 38.3 Å². The molecule has 98 valence electrons. The predicted octanol–water partition coefficient (Wildman–Crippen LogP) is 4.13. The zero-order valence-corrected chi connectivity index (χ0v) is 12.1. The first-order valence-corrected chi connectivity index (χ1v) is 7.04. The smallest absolute Gasteiger partial charge is 0.0901 e. The van der Waals surface area contributed by atoms with Gasteiger partial charge in [0.2, 0.25) is 0 Å². The molecule has 0 amide bonds. The Bertz CT molecular complexity index is 457. The fourth-order valence-corrected chi connectivity index (χ4v) is 2.17. The maximum atomic E-state index is 10.1. The second-order valence-corrected chi connectivity index (χ2v) is 5.33. The fraction of sp³-hybridized carbons (Fsp3) is 0.400. The van der Waals surface area contributed by atoms with Crippen molar-refractivity contribution in [1.82, 2.24) is 4.98 Å². The van der Waals surface area contributed by atoms with Crippen molar-refractivity contribution in [3.05, 3.63) is 46.0 Å². The van der Waals surface area contributed by atoms with Gasteiger partial charge in [-0.3, -0.25) is 0 Å². The van der Waals surface area contributed by atoms with Gasteiger partial charge in [0.15, 0.2) is 0 Å². The molecule has 18 heavy (non-hydrogen) atoms. The number of nitrogens with zero attached hydrogens (tertiary/aromatic N) is 1. The van der Waals surface area contributed by atoms with Crippen molar-refractivity contribution in [3.8, 4) is 0 Å². The van der Waals surface area contributed by atoms with Gasteiger partial charge in [-0.15, -0.1) is 11.3 Å². The molecule has 0 aliphatic carbocycles. The molecule has 1 heterocycles. The highest BCUT2D eigenvalue weighted by Crippen LogP contribution is 2.16. The monoisotopic (exact) mass is 263 g/mol. The predicted molar refractivity (Wildman–Crippen MR) is 79.7 cm³/mol. The maximum Gasteiger partial charge on any atom is 0.0901 e. The lowest BCUT2D eigenvalue weighted by Crippen LogP contribution is -2.06. The molecule has 0 spiro atoms. The molecule has 0 aliphatic heterocycles. The quantitative estimate of drug-likeness (QED) is 0.783. The van der Waals surface area contributed by atoms with Crippen LogP contribution in [0.5, 0.6) is 0 Å². The Kier molecular flexibility index (Phi) is 6.02. The van der Waals surface area contributed by atoms with E-state index in [0.717, 1.165) is 22.7 Å². The van der Waals surface area contributed by atoms with Crippen molar-refractivity contribution in [1.29, 1.82) is 0 Å². The lowest BCUT2D eigenvalue weighted by atomic mass is 10.0. The van der Waals surface area contributed by atoms with Crippen LogP contribution in [0.2, 0.25) is 0 Å². The first-order chi connectivity index (χ1) is 8.56. The zero-order valence-electron chi connectivity index (χ0n) is 11.3. The van der Waals surface area contributed by atoms with Gasteiger partial charge in [-0.25, -0.2) is 4.98 Å². The minimum atomic E-state index is -0.450. The van der Waals surface area contributed by atoms with Gasteiger partial charge in [-0.1, -0.05) is 31.2 Å². The molecule has 0 saturated heterocycles. The lowest BCUT2D eigenvalue weighted by molar-refractivity contribution is 0.215. The third-order valence-electron chi connectivity index (χ3n) is 2.81. The average Bonchev–Trinajstić information content (AvgIpc) is 2.75. The second-order valence-electron chi connectivity index (χ2n) is 4.27. The molecule has 0 aliphatic rings. The molecule has 0 aromatic carbocycles. The van der Waals surface area contributed by atoms with E-state index in [0.29, 0.717) is 6.42 Å². The van der Waals surface area contributed by atoms with Crippen molar-refractivity contribution >= 4 is 17.4 Å². The molecule has 3 heteroatoms. The van der Waals surface area contributed by atoms with Gasteiger partial charge >= 0.3 is 0 Å². The highest BCUT2D eigenvalue weighted by molar-refractivity contribution is 7.09. The summed E-state index contributed by atoms with van der Waals surface area (Å²) in [4.78, 5) is 4.36. The van der Waals surface area contributed by atoms with E-state index in [1.54, 1.807) is 11.3 Å². The Balaban J connectivity index is 2.66. The van der Waals surface area contributed by atoms with Crippen molar-refractivity contribution in [2.24, 2.45) is 0 Å². The van der Waals surface area contributed by atoms with E-state index in [1.807, 2.05) is 37.5 Å². The third-order valence-corrected chi connectivity index (χ3v) is 3.60. The summed E-state index contributed by atoms with van der Waals surface area (Å²) >= 11 is 1.62. The molecule has 0 saturated carbocycles. The van der Waals surface area contributed by atoms with Crippen LogP contribution in [0.3, 0.4) is 0 Å². The Morgan fingerprint density at radius 1 is 1.61 bits per heavy atom. The molecule has 1 aromatic heterocycles. The van der Waals surface area contributed by atoms with Crippen LogP contribution in [-0.4, -0.2) is 16.2 Å². The molecule has 1 aromatic rings. The van der Waals surface area contributed by atoms with Gasteiger partial charge in [0.1, 0.15) is 0 Å². The summed E-state index contributed by atoms with van der Waals surface area (Å²) in [5, 5.41) is 13.1. The lowest BCUT2D eigenvalue weighted by Gasteiger charge is -2.09. The number of rotatable bonds is 6. The fourth-order valence-electron chi connectivity index (χ4n) is 1.60. The van der Waals surface area contributed by atoms with Crippen LogP contribution in [0.1, 0.15) is 37.4 Å². The molecular weight excluding hydrogens is 242 g/mol. The van der Waals surface area contributed by atoms with Crippen LogP contribution >= 0.6 is 11.3 Å². The summed E-state index contributed by atoms with van der Waals surface area (Å²) in [6, 6.07) is 0. The number of hydrogen-bond donors (Lipinski definition) is 1. The van der Waals surface area contributed by atoms with Crippen LogP contribution in [0, 0.1) is 6.92 Å². The summed E-state index contributed by atoms with van der Waals surface area (Å²) < 4.78 is 0. The second kappa shape index (κ2) is 7.29. The van der Waals surface area contributed by atoms with Gasteiger partial charge in [0.05, 0.1) is 16.8 Å². The number of thiazole rings is 1. The molecule has 0 radical (unpaired) electrons. The van der Waals surface area contributed by atoms with Gasteiger partial charge in [0, 0.05) is 5.38 Å². The number of aryl methyl sites for hydroxylation is 1. The number of aromatic nitrogens is 1. The normalized spacial score (nSPS) is 14.7. The number of aliphatic hydroxyl groups excluding tert-OH is 1. The van der Waals surface area contributed by atoms with E-state index in [9.17, 15) is 5.11 Å². The van der Waals surface area contributed by atoms with E-state index in [2.05, 4.69) is 18.5 Å². The summed E-state index contributed by atoms with van der Waals surface area (Å²) in [5.41, 5.74) is 3.04. The van der Waals surface area contributed by atoms with Crippen LogP contribution < -0.4 is 0 Å². The first-order valence-electron chi connectivity index (χ1n) is 6.16. The molecule has 1 N–H and O–H groups in total. The summed E-state index contributed by atoms with van der Waals surface area (Å²) in [6.07, 6.45) is 6.96. The van der Waals surface area contributed by atoms with Crippen LogP contribution in [0.25, 0.3) is 6.08 Å². The summed E-state index contributed by atoms with van der Waals surface area (Å²) in [6.45, 7) is 9.75. The topological polar surface area (TPSA) is 33.1 Å². The minimum absolute atomic E-state index is 0.450. The Labute approximate surface area is 113 Å². The van der Waals surface area contributed by atoms with Crippen molar-refractivity contribution in [3.63, 3.8) is 0 Å². The van der Waals surface area contributed by atoms with E-state index in [4.69, 9.17) is 0 Å². The van der Waals surface area contributed by atoms with Crippen molar-refractivity contribution in [2.75, 3.05) is 0 Å². The number of allylic oxidation sites excluding steroid dienone is 2. The summed E-state index contributed by atoms with van der Waals surface area (Å²) in [5.74, 6) is 0. The first kappa shape index (κ1) is 14.9. The van der Waals surface area contributed by atoms with Gasteiger partial charge in [-0.2, -0.15) is 0 Å². The van der Waals surface area contributed by atoms with Gasteiger partial charge in [0.25, 0.3) is 0 Å². The molecule has 1 rings (SSSR count). The summed E-state index contributed by atoms with van der Waals surface area (Å²) in [7, 11) is 0. The maximum absolute atomic E-state index is 10.1. The SMILES string of the molecule is C=C/C(=C\C[C@H](O)/C(C)=C/c1csc(C)n1)CC. The number of aliphatic hydroxyl groups is 1. The molecule has 2 nitrogen and oxygen atoms in total. The molecule has 0 bridgehead atoms. The third kappa shape index (κ3) is 4.59. The van der Waals surface area contributed by atoms with E-state index in [-0.39, 0.29) is 0 Å². The standard InChI is InChI=1S/C15H21NOS/c1-5-13(6-2)7-8-15(17)11(3)9-14-10-18-12(4)16-14/h5,7,9-10,15,17H,1,6,8H2,2-4H3/b11-9+,13-7+/t15-/m0/s1. The Morgan fingerprint density at radius 3 is 2.83 bits per heavy atom. The molecule has 0 fully saturated rings. The minimum Gasteiger partial charge on any atom is -0.388 e. The van der Waals surface area contributed by atoms with Crippen LogP contribution in [0.4, 0.5) is 0 Å². The van der Waals surface area contributed by atoms with E-state index < -0.39 is 6.10 Å². The van der Waals surface area contributed by atoms with Gasteiger partial charge < -0.3 is 5.11 Å². The van der Waals surface area contributed by atoms with Crippen molar-refractivity contribution < 1.29 is 5.11 Å². The van der Waals surface area contributed by atoms with E-state index in [1.165, 1.54) is 5.57 Å². The van der Waals surface area contributed by atoms with Crippen molar-refractivity contribution in [2.45, 2.75) is 39.7 Å². The molecular formula is C15H21NOS. The van der Waals surface area contributed by atoms with E-state index >= 15 is 0 Å². The largest absolute Gasteiger partial charge is 0.388 e. The molecule has 1 atom stereocenters. The Hall–Kier alpha value is -1.19. The average molecular weight is 263 g/mol.